The average Bonchev–Trinajstić information content (AvgIpc) is 2.23. The van der Waals surface area contributed by atoms with Gasteiger partial charge in [-0.2, -0.15) is 0 Å². The van der Waals surface area contributed by atoms with Crippen LogP contribution >= 0.6 is 0 Å². The number of ether oxygens (including phenoxy) is 2. The number of methoxy groups -OCH3 is 1. The van der Waals surface area contributed by atoms with Crippen LogP contribution < -0.4 is 10.5 Å². The Kier molecular flexibility index (Phi) is 3.17. The van der Waals surface area contributed by atoms with Crippen LogP contribution in [0, 0.1) is 0 Å². The predicted molar refractivity (Wildman–Crippen MR) is 63.8 cm³/mol. The highest BCUT2D eigenvalue weighted by molar-refractivity contribution is 5.35. The van der Waals surface area contributed by atoms with Crippen LogP contribution in [0.3, 0.4) is 0 Å². The van der Waals surface area contributed by atoms with Gasteiger partial charge in [0.2, 0.25) is 0 Å². The van der Waals surface area contributed by atoms with Crippen molar-refractivity contribution in [2.45, 2.75) is 24.8 Å². The Balaban J connectivity index is 2.25. The van der Waals surface area contributed by atoms with Gasteiger partial charge in [-0.25, -0.2) is 0 Å². The van der Waals surface area contributed by atoms with Gasteiger partial charge in [-0.05, 0) is 31.0 Å². The minimum atomic E-state index is 0.0999. The summed E-state index contributed by atoms with van der Waals surface area (Å²) in [5.74, 6) is 0.897. The van der Waals surface area contributed by atoms with Crippen molar-refractivity contribution in [3.8, 4) is 5.75 Å². The molecular weight excluding hydrogens is 202 g/mol. The first kappa shape index (κ1) is 11.4. The summed E-state index contributed by atoms with van der Waals surface area (Å²) in [6.45, 7) is 3.57. The van der Waals surface area contributed by atoms with E-state index in [-0.39, 0.29) is 11.5 Å². The van der Waals surface area contributed by atoms with E-state index < -0.39 is 0 Å². The molecule has 0 aliphatic carbocycles. The highest BCUT2D eigenvalue weighted by Crippen LogP contribution is 2.37. The van der Waals surface area contributed by atoms with Crippen molar-refractivity contribution in [3.63, 3.8) is 0 Å². The summed E-state index contributed by atoms with van der Waals surface area (Å²) in [5, 5.41) is 0. The molecule has 1 aromatic carbocycles. The van der Waals surface area contributed by atoms with Crippen LogP contribution in [0.25, 0.3) is 0 Å². The molecule has 1 heterocycles. The second-order valence-corrected chi connectivity index (χ2v) is 4.69. The molecule has 0 spiro atoms. The summed E-state index contributed by atoms with van der Waals surface area (Å²) in [7, 11) is 1.69. The van der Waals surface area contributed by atoms with Gasteiger partial charge in [0.25, 0.3) is 0 Å². The molecule has 88 valence electrons. The van der Waals surface area contributed by atoms with Crippen LogP contribution in [0.15, 0.2) is 24.3 Å². The first-order valence-electron chi connectivity index (χ1n) is 5.64. The third-order valence-corrected chi connectivity index (χ3v) is 3.15. The fourth-order valence-electron chi connectivity index (χ4n) is 2.32. The van der Waals surface area contributed by atoms with E-state index in [1.807, 2.05) is 19.1 Å². The first-order valence-corrected chi connectivity index (χ1v) is 5.64. The smallest absolute Gasteiger partial charge is 0.119 e. The number of nitrogens with two attached hydrogens (primary N) is 1. The second kappa shape index (κ2) is 4.44. The Morgan fingerprint density at radius 1 is 1.50 bits per heavy atom. The molecule has 0 aromatic heterocycles. The molecule has 0 radical (unpaired) electrons. The summed E-state index contributed by atoms with van der Waals surface area (Å²) < 4.78 is 10.6. The highest BCUT2D eigenvalue weighted by atomic mass is 16.5. The average molecular weight is 221 g/mol. The molecule has 1 aromatic rings. The summed E-state index contributed by atoms with van der Waals surface area (Å²) in [6.07, 6.45) is 0.958. The largest absolute Gasteiger partial charge is 0.497 e. The number of hydrogen-bond acceptors (Lipinski definition) is 3. The number of rotatable bonds is 4. The Labute approximate surface area is 96.5 Å². The van der Waals surface area contributed by atoms with E-state index >= 15 is 0 Å². The molecule has 0 saturated carbocycles. The lowest BCUT2D eigenvalue weighted by Gasteiger charge is -2.43. The van der Waals surface area contributed by atoms with Gasteiger partial charge in [0, 0.05) is 11.5 Å². The van der Waals surface area contributed by atoms with Crippen LogP contribution in [0.4, 0.5) is 0 Å². The van der Waals surface area contributed by atoms with Gasteiger partial charge >= 0.3 is 0 Å². The molecule has 1 aliphatic rings. The normalized spacial score (nSPS) is 19.9. The number of benzene rings is 1. The molecule has 1 atom stereocenters. The molecule has 16 heavy (non-hydrogen) atoms. The van der Waals surface area contributed by atoms with Gasteiger partial charge in [0.05, 0.1) is 20.3 Å². The van der Waals surface area contributed by atoms with Crippen LogP contribution in [-0.4, -0.2) is 26.4 Å². The lowest BCUT2D eigenvalue weighted by molar-refractivity contribution is -0.0666. The molecule has 2 N–H and O–H groups in total. The molecule has 2 rings (SSSR count). The topological polar surface area (TPSA) is 44.5 Å². The zero-order valence-electron chi connectivity index (χ0n) is 9.90. The Hall–Kier alpha value is -1.06. The lowest BCUT2D eigenvalue weighted by Crippen LogP contribution is -2.49. The molecule has 3 nitrogen and oxygen atoms in total. The van der Waals surface area contributed by atoms with Crippen molar-refractivity contribution in [2.24, 2.45) is 5.73 Å². The van der Waals surface area contributed by atoms with Crippen LogP contribution in [0.5, 0.6) is 5.75 Å². The monoisotopic (exact) mass is 221 g/mol. The molecule has 0 bridgehead atoms. The van der Waals surface area contributed by atoms with Gasteiger partial charge in [-0.15, -0.1) is 0 Å². The van der Waals surface area contributed by atoms with E-state index in [4.69, 9.17) is 15.2 Å². The summed E-state index contributed by atoms with van der Waals surface area (Å²) in [4.78, 5) is 0. The third kappa shape index (κ3) is 2.06. The Morgan fingerprint density at radius 2 is 2.25 bits per heavy atom. The Morgan fingerprint density at radius 3 is 2.75 bits per heavy atom. The van der Waals surface area contributed by atoms with Crippen molar-refractivity contribution in [1.29, 1.82) is 0 Å². The molecule has 1 saturated heterocycles. The maximum Gasteiger partial charge on any atom is 0.119 e. The maximum absolute atomic E-state index is 5.91. The standard InChI is InChI=1S/C13H19NO2/c1-10(14)7-13(8-16-9-13)11-4-3-5-12(6-11)15-2/h3-6,10H,7-9,14H2,1-2H3. The molecule has 1 aliphatic heterocycles. The molecular formula is C13H19NO2. The fraction of sp³-hybridized carbons (Fsp3) is 0.538. The van der Waals surface area contributed by atoms with Gasteiger partial charge in [0.1, 0.15) is 5.75 Å². The minimum absolute atomic E-state index is 0.0999. The van der Waals surface area contributed by atoms with E-state index in [1.165, 1.54) is 5.56 Å². The van der Waals surface area contributed by atoms with Crippen molar-refractivity contribution in [3.05, 3.63) is 29.8 Å². The second-order valence-electron chi connectivity index (χ2n) is 4.69. The molecule has 1 unspecified atom stereocenters. The van der Waals surface area contributed by atoms with E-state index in [0.29, 0.717) is 0 Å². The van der Waals surface area contributed by atoms with Crippen LogP contribution in [0.2, 0.25) is 0 Å². The predicted octanol–water partition coefficient (Wildman–Crippen LogP) is 1.70. The molecule has 3 heteroatoms. The number of hydrogen-bond donors (Lipinski definition) is 1. The SMILES string of the molecule is COc1cccc(C2(CC(C)N)COC2)c1. The zero-order valence-corrected chi connectivity index (χ0v) is 9.90. The van der Waals surface area contributed by atoms with E-state index in [9.17, 15) is 0 Å². The first-order chi connectivity index (χ1) is 7.66. The fourth-order valence-corrected chi connectivity index (χ4v) is 2.32. The van der Waals surface area contributed by atoms with E-state index in [1.54, 1.807) is 7.11 Å². The summed E-state index contributed by atoms with van der Waals surface area (Å²) >= 11 is 0. The van der Waals surface area contributed by atoms with Crippen LogP contribution in [-0.2, 0) is 10.2 Å². The van der Waals surface area contributed by atoms with Crippen molar-refractivity contribution in [1.82, 2.24) is 0 Å². The lowest BCUT2D eigenvalue weighted by atomic mass is 9.74. The Bertz CT molecular complexity index is 359. The quantitative estimate of drug-likeness (QED) is 0.841. The van der Waals surface area contributed by atoms with Crippen molar-refractivity contribution >= 4 is 0 Å². The van der Waals surface area contributed by atoms with Gasteiger partial charge in [-0.1, -0.05) is 12.1 Å². The van der Waals surface area contributed by atoms with E-state index in [2.05, 4.69) is 12.1 Å². The minimum Gasteiger partial charge on any atom is -0.497 e. The summed E-state index contributed by atoms with van der Waals surface area (Å²) in [6, 6.07) is 8.39. The van der Waals surface area contributed by atoms with Crippen molar-refractivity contribution in [2.75, 3.05) is 20.3 Å². The zero-order chi connectivity index (χ0) is 11.6. The molecule has 1 fully saturated rings. The maximum atomic E-state index is 5.91. The van der Waals surface area contributed by atoms with Gasteiger partial charge in [-0.3, -0.25) is 0 Å². The van der Waals surface area contributed by atoms with Crippen molar-refractivity contribution < 1.29 is 9.47 Å². The molecule has 0 amide bonds. The van der Waals surface area contributed by atoms with Gasteiger partial charge in [0.15, 0.2) is 0 Å². The van der Waals surface area contributed by atoms with Gasteiger partial charge < -0.3 is 15.2 Å². The third-order valence-electron chi connectivity index (χ3n) is 3.15. The van der Waals surface area contributed by atoms with Crippen LogP contribution in [0.1, 0.15) is 18.9 Å². The van der Waals surface area contributed by atoms with E-state index in [0.717, 1.165) is 25.4 Å². The summed E-state index contributed by atoms with van der Waals surface area (Å²) in [5.41, 5.74) is 7.28. The highest BCUT2D eigenvalue weighted by Gasteiger charge is 2.40.